The smallest absolute Gasteiger partial charge is 0.143 e. The van der Waals surface area contributed by atoms with Crippen molar-refractivity contribution in [3.63, 3.8) is 0 Å². The van der Waals surface area contributed by atoms with Crippen LogP contribution in [0.15, 0.2) is 163 Å². The minimum absolute atomic E-state index is 0.0330. The first kappa shape index (κ1) is 29.5. The van der Waals surface area contributed by atoms with Crippen molar-refractivity contribution in [3.05, 3.63) is 180 Å². The first-order valence-electron chi connectivity index (χ1n) is 18.5. The number of ether oxygens (including phenoxy) is 1. The van der Waals surface area contributed by atoms with Gasteiger partial charge in [-0.2, -0.15) is 0 Å². The van der Waals surface area contributed by atoms with Gasteiger partial charge in [0.2, 0.25) is 0 Å². The second-order valence-electron chi connectivity index (χ2n) is 15.2. The van der Waals surface area contributed by atoms with E-state index >= 15 is 0 Å². The number of hydrogen-bond donors (Lipinski definition) is 0. The quantitative estimate of drug-likeness (QED) is 0.171. The van der Waals surface area contributed by atoms with E-state index in [4.69, 9.17) is 4.74 Å². The van der Waals surface area contributed by atoms with Crippen LogP contribution in [0.1, 0.15) is 43.4 Å². The van der Waals surface area contributed by atoms with E-state index in [0.29, 0.717) is 0 Å². The van der Waals surface area contributed by atoms with E-state index in [9.17, 15) is 0 Å². The molecule has 0 spiro atoms. The molecule has 3 aliphatic rings. The molecule has 0 fully saturated rings. The molecule has 0 radical (unpaired) electrons. The number of fused-ring (bicyclic) bond motifs is 7. The summed E-state index contributed by atoms with van der Waals surface area (Å²) in [6, 6.07) is 55.7. The predicted molar refractivity (Wildman–Crippen MR) is 219 cm³/mol. The Morgan fingerprint density at radius 3 is 2.06 bits per heavy atom. The van der Waals surface area contributed by atoms with Crippen LogP contribution in [0, 0.1) is 0 Å². The third kappa shape index (κ3) is 4.29. The summed E-state index contributed by atoms with van der Waals surface area (Å²) >= 11 is 0. The lowest BCUT2D eigenvalue weighted by molar-refractivity contribution is 0.489. The van der Waals surface area contributed by atoms with E-state index in [1.54, 1.807) is 0 Å². The van der Waals surface area contributed by atoms with Gasteiger partial charge >= 0.3 is 0 Å². The molecule has 2 aliphatic carbocycles. The summed E-state index contributed by atoms with van der Waals surface area (Å²) in [6.45, 7) is 4.76. The fourth-order valence-corrected chi connectivity index (χ4v) is 9.32. The molecule has 0 bridgehead atoms. The highest BCUT2D eigenvalue weighted by atomic mass is 16.5. The Hall–Kier alpha value is -6.18. The summed E-state index contributed by atoms with van der Waals surface area (Å²) in [4.78, 5) is 0. The van der Waals surface area contributed by atoms with Crippen molar-refractivity contribution in [2.75, 3.05) is 0 Å². The predicted octanol–water partition coefficient (Wildman–Crippen LogP) is 14.2. The Morgan fingerprint density at radius 2 is 1.17 bits per heavy atom. The standard InChI is InChI=1S/C51H36O/c1-51(2)46-17-7-6-12-40(46)41-25-24-36(29-47(41)51)33-18-19-34-27-37(22-20-32(34)26-33)39-13-8-16-44-42-14-9-15-43-45-28-35(31-10-4-3-5-11-31)21-23-38(45)30-48(49(42)43)52-50(39)44/h3-23,26-30H,24-25H2,1-2H3. The summed E-state index contributed by atoms with van der Waals surface area (Å²) in [5.41, 5.74) is 15.8. The Morgan fingerprint density at radius 1 is 0.481 bits per heavy atom. The van der Waals surface area contributed by atoms with Gasteiger partial charge < -0.3 is 4.74 Å². The zero-order chi connectivity index (χ0) is 34.6. The van der Waals surface area contributed by atoms with Crippen LogP contribution in [-0.4, -0.2) is 0 Å². The Kier molecular flexibility index (Phi) is 6.20. The van der Waals surface area contributed by atoms with Crippen LogP contribution in [-0.2, 0) is 5.41 Å². The highest BCUT2D eigenvalue weighted by Crippen LogP contribution is 2.53. The SMILES string of the molecule is CC1(C)C2=C(CCC(c3ccc4cc(-c5cccc6c5Oc5cc7ccc(-c8ccccc8)cc7c7cccc-6c57)ccc4c3)=C2)c2ccccc21. The van der Waals surface area contributed by atoms with Crippen molar-refractivity contribution >= 4 is 43.5 Å². The van der Waals surface area contributed by atoms with Crippen LogP contribution >= 0.6 is 0 Å². The molecule has 8 aromatic rings. The van der Waals surface area contributed by atoms with Gasteiger partial charge in [0.1, 0.15) is 11.5 Å². The van der Waals surface area contributed by atoms with Crippen molar-refractivity contribution in [2.24, 2.45) is 0 Å². The third-order valence-corrected chi connectivity index (χ3v) is 12.0. The zero-order valence-electron chi connectivity index (χ0n) is 29.3. The topological polar surface area (TPSA) is 9.23 Å². The second-order valence-corrected chi connectivity index (χ2v) is 15.2. The van der Waals surface area contributed by atoms with Crippen LogP contribution in [0.3, 0.4) is 0 Å². The molecule has 0 saturated heterocycles. The van der Waals surface area contributed by atoms with Crippen LogP contribution in [0.5, 0.6) is 11.5 Å². The average molecular weight is 665 g/mol. The number of hydrogen-bond acceptors (Lipinski definition) is 1. The molecule has 1 heteroatoms. The summed E-state index contributed by atoms with van der Waals surface area (Å²) in [6.07, 6.45) is 4.66. The molecule has 52 heavy (non-hydrogen) atoms. The van der Waals surface area contributed by atoms with E-state index in [2.05, 4.69) is 172 Å². The lowest BCUT2D eigenvalue weighted by Gasteiger charge is -2.26. The first-order valence-corrected chi connectivity index (χ1v) is 18.5. The molecular formula is C51H36O. The van der Waals surface area contributed by atoms with Gasteiger partial charge in [-0.25, -0.2) is 0 Å². The fourth-order valence-electron chi connectivity index (χ4n) is 9.32. The maximum Gasteiger partial charge on any atom is 0.143 e. The zero-order valence-corrected chi connectivity index (χ0v) is 29.3. The Balaban J connectivity index is 0.974. The van der Waals surface area contributed by atoms with E-state index in [1.165, 1.54) is 82.4 Å². The normalized spacial score (nSPS) is 15.3. The van der Waals surface area contributed by atoms with Crippen molar-refractivity contribution in [1.29, 1.82) is 0 Å². The summed E-state index contributed by atoms with van der Waals surface area (Å²) in [5, 5.41) is 7.34. The van der Waals surface area contributed by atoms with Crippen molar-refractivity contribution in [2.45, 2.75) is 32.1 Å². The maximum atomic E-state index is 6.93. The Labute approximate surface area is 304 Å². The van der Waals surface area contributed by atoms with E-state index in [-0.39, 0.29) is 5.41 Å². The van der Waals surface area contributed by atoms with E-state index < -0.39 is 0 Å². The summed E-state index contributed by atoms with van der Waals surface area (Å²) in [7, 11) is 0. The Bertz CT molecular complexity index is 2880. The highest BCUT2D eigenvalue weighted by molar-refractivity contribution is 6.17. The van der Waals surface area contributed by atoms with Crippen LogP contribution in [0.25, 0.3) is 76.8 Å². The van der Waals surface area contributed by atoms with Gasteiger partial charge in [-0.1, -0.05) is 147 Å². The van der Waals surface area contributed by atoms with Gasteiger partial charge in [-0.05, 0) is 120 Å². The molecule has 11 rings (SSSR count). The minimum atomic E-state index is 0.0330. The van der Waals surface area contributed by atoms with E-state index in [0.717, 1.165) is 41.0 Å². The molecule has 246 valence electrons. The van der Waals surface area contributed by atoms with Crippen molar-refractivity contribution < 1.29 is 4.74 Å². The summed E-state index contributed by atoms with van der Waals surface area (Å²) < 4.78 is 6.93. The molecule has 8 aromatic carbocycles. The molecule has 0 unspecified atom stereocenters. The number of rotatable bonds is 3. The molecule has 1 nitrogen and oxygen atoms in total. The highest BCUT2D eigenvalue weighted by Gasteiger charge is 2.37. The fraction of sp³-hybridized carbons (Fsp3) is 0.0980. The third-order valence-electron chi connectivity index (χ3n) is 12.0. The van der Waals surface area contributed by atoms with Crippen LogP contribution in [0.2, 0.25) is 0 Å². The minimum Gasteiger partial charge on any atom is -0.455 e. The molecule has 0 N–H and O–H groups in total. The molecule has 0 saturated carbocycles. The molecule has 0 atom stereocenters. The van der Waals surface area contributed by atoms with Gasteiger partial charge in [0.25, 0.3) is 0 Å². The molecule has 0 amide bonds. The largest absolute Gasteiger partial charge is 0.455 e. The maximum absolute atomic E-state index is 6.93. The van der Waals surface area contributed by atoms with E-state index in [1.807, 2.05) is 0 Å². The van der Waals surface area contributed by atoms with Gasteiger partial charge in [-0.15, -0.1) is 0 Å². The lowest BCUT2D eigenvalue weighted by atomic mass is 9.78. The molecule has 1 heterocycles. The lowest BCUT2D eigenvalue weighted by Crippen LogP contribution is -2.17. The summed E-state index contributed by atoms with van der Waals surface area (Å²) in [5.74, 6) is 1.85. The van der Waals surface area contributed by atoms with Crippen molar-refractivity contribution in [3.8, 4) is 44.9 Å². The first-order chi connectivity index (χ1) is 25.5. The number of para-hydroxylation sites is 1. The van der Waals surface area contributed by atoms with Gasteiger partial charge in [-0.3, -0.25) is 0 Å². The monoisotopic (exact) mass is 664 g/mol. The molecule has 0 aromatic heterocycles. The molecular weight excluding hydrogens is 629 g/mol. The average Bonchev–Trinajstić information content (AvgIpc) is 3.43. The number of allylic oxidation sites excluding steroid dienone is 4. The number of benzene rings is 8. The van der Waals surface area contributed by atoms with Crippen LogP contribution < -0.4 is 4.74 Å². The van der Waals surface area contributed by atoms with Crippen molar-refractivity contribution in [1.82, 2.24) is 0 Å². The van der Waals surface area contributed by atoms with Gasteiger partial charge in [0.15, 0.2) is 0 Å². The van der Waals surface area contributed by atoms with Crippen LogP contribution in [0.4, 0.5) is 0 Å². The second kappa shape index (κ2) is 10.9. The molecule has 1 aliphatic heterocycles. The van der Waals surface area contributed by atoms with Gasteiger partial charge in [0, 0.05) is 21.9 Å². The van der Waals surface area contributed by atoms with Gasteiger partial charge in [0.05, 0.1) is 0 Å².